The van der Waals surface area contributed by atoms with E-state index in [1.807, 2.05) is 36.4 Å². The number of aromatic nitrogens is 2. The predicted molar refractivity (Wildman–Crippen MR) is 83.7 cm³/mol. The Labute approximate surface area is 122 Å². The molecule has 0 bridgehead atoms. The minimum Gasteiger partial charge on any atom is -0.497 e. The summed E-state index contributed by atoms with van der Waals surface area (Å²) in [5, 5.41) is 5.22. The summed E-state index contributed by atoms with van der Waals surface area (Å²) < 4.78 is 5.20. The van der Waals surface area contributed by atoms with Gasteiger partial charge in [0.15, 0.2) is 0 Å². The van der Waals surface area contributed by atoms with Crippen LogP contribution in [0.15, 0.2) is 60.1 Å². The minimum absolute atomic E-state index is 0.783. The van der Waals surface area contributed by atoms with Crippen LogP contribution < -0.4 is 10.2 Å². The standard InChI is InChI=1S/C16H14N4O/c1-21-13-4-5-14-15(6-8-18-16(14)9-13)20-19-11-12-3-2-7-17-10-12/h2-11H,1H3,(H,18,20)/b19-11+. The molecule has 3 aromatic rings. The summed E-state index contributed by atoms with van der Waals surface area (Å²) in [4.78, 5) is 8.37. The maximum Gasteiger partial charge on any atom is 0.121 e. The molecule has 5 nitrogen and oxygen atoms in total. The highest BCUT2D eigenvalue weighted by molar-refractivity contribution is 5.92. The lowest BCUT2D eigenvalue weighted by Crippen LogP contribution is -1.93. The first-order valence-corrected chi connectivity index (χ1v) is 6.49. The average Bonchev–Trinajstić information content (AvgIpc) is 2.55. The molecule has 3 rings (SSSR count). The number of methoxy groups -OCH3 is 1. The van der Waals surface area contributed by atoms with Gasteiger partial charge in [-0.2, -0.15) is 5.10 Å². The number of pyridine rings is 2. The molecule has 0 fully saturated rings. The second kappa shape index (κ2) is 6.00. The number of fused-ring (bicyclic) bond motifs is 1. The van der Waals surface area contributed by atoms with Crippen LogP contribution >= 0.6 is 0 Å². The van der Waals surface area contributed by atoms with E-state index in [1.54, 1.807) is 31.9 Å². The lowest BCUT2D eigenvalue weighted by Gasteiger charge is -2.06. The summed E-state index contributed by atoms with van der Waals surface area (Å²) in [7, 11) is 1.64. The normalized spacial score (nSPS) is 10.9. The van der Waals surface area contributed by atoms with Gasteiger partial charge in [-0.3, -0.25) is 15.4 Å². The molecule has 0 spiro atoms. The van der Waals surface area contributed by atoms with E-state index < -0.39 is 0 Å². The van der Waals surface area contributed by atoms with Gasteiger partial charge in [0.25, 0.3) is 0 Å². The third kappa shape index (κ3) is 2.97. The molecule has 0 aliphatic heterocycles. The lowest BCUT2D eigenvalue weighted by molar-refractivity contribution is 0.415. The molecule has 0 aliphatic rings. The molecule has 5 heteroatoms. The van der Waals surface area contributed by atoms with Gasteiger partial charge in [-0.25, -0.2) is 0 Å². The van der Waals surface area contributed by atoms with Crippen LogP contribution in [0.4, 0.5) is 5.69 Å². The van der Waals surface area contributed by atoms with E-state index in [0.29, 0.717) is 0 Å². The van der Waals surface area contributed by atoms with Gasteiger partial charge in [0.2, 0.25) is 0 Å². The highest BCUT2D eigenvalue weighted by Gasteiger charge is 2.02. The minimum atomic E-state index is 0.783. The van der Waals surface area contributed by atoms with Crippen LogP contribution in [0.3, 0.4) is 0 Å². The Bertz CT molecular complexity index is 772. The Kier molecular flexibility index (Phi) is 3.73. The molecule has 0 saturated heterocycles. The van der Waals surface area contributed by atoms with Crippen molar-refractivity contribution in [2.75, 3.05) is 12.5 Å². The summed E-state index contributed by atoms with van der Waals surface area (Å²) in [6.07, 6.45) is 6.95. The molecule has 0 unspecified atom stereocenters. The fourth-order valence-corrected chi connectivity index (χ4v) is 1.98. The largest absolute Gasteiger partial charge is 0.497 e. The molecular formula is C16H14N4O. The third-order valence-corrected chi connectivity index (χ3v) is 3.03. The molecule has 1 N–H and O–H groups in total. The van der Waals surface area contributed by atoms with Crippen LogP contribution in [-0.4, -0.2) is 23.3 Å². The Morgan fingerprint density at radius 3 is 2.95 bits per heavy atom. The molecule has 0 amide bonds. The van der Waals surface area contributed by atoms with Crippen molar-refractivity contribution in [3.05, 3.63) is 60.6 Å². The number of rotatable bonds is 4. The van der Waals surface area contributed by atoms with Gasteiger partial charge in [-0.05, 0) is 24.3 Å². The summed E-state index contributed by atoms with van der Waals surface area (Å²) >= 11 is 0. The highest BCUT2D eigenvalue weighted by atomic mass is 16.5. The summed E-state index contributed by atoms with van der Waals surface area (Å²) in [6.45, 7) is 0. The van der Waals surface area contributed by atoms with Crippen LogP contribution in [0.1, 0.15) is 5.56 Å². The second-order valence-corrected chi connectivity index (χ2v) is 4.40. The van der Waals surface area contributed by atoms with E-state index in [-0.39, 0.29) is 0 Å². The van der Waals surface area contributed by atoms with Gasteiger partial charge in [0.05, 0.1) is 24.5 Å². The predicted octanol–water partition coefficient (Wildman–Crippen LogP) is 3.08. The number of anilines is 1. The summed E-state index contributed by atoms with van der Waals surface area (Å²) in [5.41, 5.74) is 5.72. The maximum absolute atomic E-state index is 5.20. The van der Waals surface area contributed by atoms with Crippen molar-refractivity contribution in [1.82, 2.24) is 9.97 Å². The van der Waals surface area contributed by atoms with E-state index in [2.05, 4.69) is 20.5 Å². The zero-order valence-corrected chi connectivity index (χ0v) is 11.5. The van der Waals surface area contributed by atoms with Gasteiger partial charge in [0, 0.05) is 35.6 Å². The van der Waals surface area contributed by atoms with Gasteiger partial charge >= 0.3 is 0 Å². The van der Waals surface area contributed by atoms with E-state index in [0.717, 1.165) is 27.9 Å². The van der Waals surface area contributed by atoms with E-state index in [9.17, 15) is 0 Å². The number of hydrogen-bond acceptors (Lipinski definition) is 5. The molecule has 21 heavy (non-hydrogen) atoms. The average molecular weight is 278 g/mol. The number of ether oxygens (including phenoxy) is 1. The van der Waals surface area contributed by atoms with Gasteiger partial charge in [-0.1, -0.05) is 6.07 Å². The third-order valence-electron chi connectivity index (χ3n) is 3.03. The van der Waals surface area contributed by atoms with Crippen molar-refractivity contribution in [2.45, 2.75) is 0 Å². The van der Waals surface area contributed by atoms with Crippen LogP contribution in [0, 0.1) is 0 Å². The first-order valence-electron chi connectivity index (χ1n) is 6.49. The monoisotopic (exact) mass is 278 g/mol. The lowest BCUT2D eigenvalue weighted by atomic mass is 10.2. The van der Waals surface area contributed by atoms with Gasteiger partial charge in [0.1, 0.15) is 5.75 Å². The van der Waals surface area contributed by atoms with Gasteiger partial charge in [-0.15, -0.1) is 0 Å². The van der Waals surface area contributed by atoms with E-state index >= 15 is 0 Å². The number of hydrogen-bond donors (Lipinski definition) is 1. The van der Waals surface area contributed by atoms with Crippen molar-refractivity contribution >= 4 is 22.8 Å². The molecule has 0 saturated carbocycles. The molecule has 0 atom stereocenters. The van der Waals surface area contributed by atoms with Crippen molar-refractivity contribution in [2.24, 2.45) is 5.10 Å². The molecule has 1 aromatic carbocycles. The van der Waals surface area contributed by atoms with Crippen molar-refractivity contribution < 1.29 is 4.74 Å². The topological polar surface area (TPSA) is 59.4 Å². The van der Waals surface area contributed by atoms with Crippen molar-refractivity contribution in [1.29, 1.82) is 0 Å². The molecule has 2 heterocycles. The maximum atomic E-state index is 5.20. The Morgan fingerprint density at radius 2 is 2.14 bits per heavy atom. The van der Waals surface area contributed by atoms with Crippen LogP contribution in [-0.2, 0) is 0 Å². The first-order chi connectivity index (χ1) is 10.4. The van der Waals surface area contributed by atoms with E-state index in [1.165, 1.54) is 0 Å². The number of benzene rings is 1. The zero-order valence-electron chi connectivity index (χ0n) is 11.5. The zero-order chi connectivity index (χ0) is 14.5. The molecule has 2 aromatic heterocycles. The fraction of sp³-hybridized carbons (Fsp3) is 0.0625. The molecular weight excluding hydrogens is 264 g/mol. The molecule has 0 radical (unpaired) electrons. The molecule has 104 valence electrons. The number of nitrogens with zero attached hydrogens (tertiary/aromatic N) is 3. The van der Waals surface area contributed by atoms with Crippen LogP contribution in [0.25, 0.3) is 10.9 Å². The summed E-state index contributed by atoms with van der Waals surface area (Å²) in [6, 6.07) is 11.5. The highest BCUT2D eigenvalue weighted by Crippen LogP contribution is 2.25. The second-order valence-electron chi connectivity index (χ2n) is 4.40. The Morgan fingerprint density at radius 1 is 1.19 bits per heavy atom. The Balaban J connectivity index is 1.85. The first kappa shape index (κ1) is 13.1. The molecule has 0 aliphatic carbocycles. The summed E-state index contributed by atoms with van der Waals surface area (Å²) in [5.74, 6) is 0.783. The van der Waals surface area contributed by atoms with Crippen molar-refractivity contribution in [3.63, 3.8) is 0 Å². The smallest absolute Gasteiger partial charge is 0.121 e. The van der Waals surface area contributed by atoms with Crippen LogP contribution in [0.2, 0.25) is 0 Å². The Hall–Kier alpha value is -2.95. The number of hydrazone groups is 1. The number of nitrogens with one attached hydrogen (secondary N) is 1. The SMILES string of the molecule is COc1ccc2c(N/N=C/c3cccnc3)ccnc2c1. The van der Waals surface area contributed by atoms with Gasteiger partial charge < -0.3 is 4.74 Å². The van der Waals surface area contributed by atoms with Crippen molar-refractivity contribution in [3.8, 4) is 5.75 Å². The quantitative estimate of drug-likeness (QED) is 0.588. The fourth-order valence-electron chi connectivity index (χ4n) is 1.98. The van der Waals surface area contributed by atoms with Crippen LogP contribution in [0.5, 0.6) is 5.75 Å². The van der Waals surface area contributed by atoms with E-state index in [4.69, 9.17) is 4.74 Å².